The summed E-state index contributed by atoms with van der Waals surface area (Å²) in [7, 11) is 0. The lowest BCUT2D eigenvalue weighted by atomic mass is 10.2. The molecule has 86 valence electrons. The van der Waals surface area contributed by atoms with E-state index in [0.717, 1.165) is 5.82 Å². The largest absolute Gasteiger partial charge is 0.347 e. The number of rotatable bonds is 4. The molecule has 2 aromatic heterocycles. The second-order valence-electron chi connectivity index (χ2n) is 3.73. The quantitative estimate of drug-likeness (QED) is 0.905. The molecule has 2 unspecified atom stereocenters. The SMILES string of the molecule is CC(NC(C)c1ccc(Br)s1)c1ncc[nH]1. The fourth-order valence-electron chi connectivity index (χ4n) is 1.61. The lowest BCUT2D eigenvalue weighted by molar-refractivity contribution is 0.484. The highest BCUT2D eigenvalue weighted by atomic mass is 79.9. The van der Waals surface area contributed by atoms with Crippen molar-refractivity contribution < 1.29 is 0 Å². The number of aromatic nitrogens is 2. The van der Waals surface area contributed by atoms with E-state index in [1.54, 1.807) is 17.5 Å². The molecule has 2 atom stereocenters. The van der Waals surface area contributed by atoms with Gasteiger partial charge >= 0.3 is 0 Å². The third-order valence-corrected chi connectivity index (χ3v) is 4.26. The Morgan fingerprint density at radius 2 is 2.19 bits per heavy atom. The fourth-order valence-corrected chi connectivity index (χ4v) is 3.05. The molecule has 0 aliphatic carbocycles. The van der Waals surface area contributed by atoms with Crippen LogP contribution in [0.4, 0.5) is 0 Å². The molecule has 0 bridgehead atoms. The molecule has 0 aromatic carbocycles. The van der Waals surface area contributed by atoms with Gasteiger partial charge in [0, 0.05) is 23.3 Å². The van der Waals surface area contributed by atoms with Crippen LogP contribution in [0.15, 0.2) is 28.3 Å². The van der Waals surface area contributed by atoms with Crippen LogP contribution < -0.4 is 5.32 Å². The monoisotopic (exact) mass is 299 g/mol. The Kier molecular flexibility index (Phi) is 3.78. The molecule has 2 aromatic rings. The predicted octanol–water partition coefficient (Wildman–Crippen LogP) is 3.65. The van der Waals surface area contributed by atoms with E-state index in [9.17, 15) is 0 Å². The van der Waals surface area contributed by atoms with E-state index in [4.69, 9.17) is 0 Å². The highest BCUT2D eigenvalue weighted by Gasteiger charge is 2.13. The van der Waals surface area contributed by atoms with Gasteiger partial charge in [0.2, 0.25) is 0 Å². The number of imidazole rings is 1. The van der Waals surface area contributed by atoms with Crippen molar-refractivity contribution in [3.63, 3.8) is 0 Å². The van der Waals surface area contributed by atoms with Gasteiger partial charge in [0.15, 0.2) is 0 Å². The molecule has 2 N–H and O–H groups in total. The van der Waals surface area contributed by atoms with E-state index in [1.165, 1.54) is 8.66 Å². The van der Waals surface area contributed by atoms with Gasteiger partial charge in [-0.1, -0.05) is 0 Å². The summed E-state index contributed by atoms with van der Waals surface area (Å²) in [5, 5.41) is 3.51. The van der Waals surface area contributed by atoms with Gasteiger partial charge in [-0.15, -0.1) is 11.3 Å². The zero-order valence-corrected chi connectivity index (χ0v) is 11.6. The van der Waals surface area contributed by atoms with Gasteiger partial charge in [0.05, 0.1) is 9.83 Å². The minimum atomic E-state index is 0.228. The van der Waals surface area contributed by atoms with Crippen LogP contribution in [0.2, 0.25) is 0 Å². The van der Waals surface area contributed by atoms with Crippen LogP contribution in [0.1, 0.15) is 36.6 Å². The molecule has 0 amide bonds. The molecular weight excluding hydrogens is 286 g/mol. The number of hydrogen-bond acceptors (Lipinski definition) is 3. The maximum atomic E-state index is 4.24. The van der Waals surface area contributed by atoms with Crippen LogP contribution in [-0.4, -0.2) is 9.97 Å². The number of thiophene rings is 1. The lowest BCUT2D eigenvalue weighted by Crippen LogP contribution is -2.22. The summed E-state index contributed by atoms with van der Waals surface area (Å²) in [6.07, 6.45) is 3.62. The van der Waals surface area contributed by atoms with Crippen LogP contribution in [0.25, 0.3) is 0 Å². The van der Waals surface area contributed by atoms with Crippen LogP contribution >= 0.6 is 27.3 Å². The zero-order chi connectivity index (χ0) is 11.5. The summed E-state index contributed by atoms with van der Waals surface area (Å²) < 4.78 is 1.17. The van der Waals surface area contributed by atoms with E-state index in [-0.39, 0.29) is 6.04 Å². The van der Waals surface area contributed by atoms with Crippen LogP contribution in [0, 0.1) is 0 Å². The molecule has 5 heteroatoms. The molecule has 0 spiro atoms. The standard InChI is InChI=1S/C11H14BrN3S/c1-7(9-3-4-10(12)16-9)15-8(2)11-13-5-6-14-11/h3-8,15H,1-2H3,(H,13,14). The van der Waals surface area contributed by atoms with Gasteiger partial charge in [-0.2, -0.15) is 0 Å². The molecule has 0 saturated carbocycles. The first-order valence-electron chi connectivity index (χ1n) is 5.17. The number of nitrogens with zero attached hydrogens (tertiary/aromatic N) is 1. The molecule has 2 rings (SSSR count). The molecule has 3 nitrogen and oxygen atoms in total. The van der Waals surface area contributed by atoms with Crippen LogP contribution in [0.5, 0.6) is 0 Å². The Balaban J connectivity index is 2.00. The molecule has 0 saturated heterocycles. The Morgan fingerprint density at radius 3 is 2.75 bits per heavy atom. The summed E-state index contributed by atoms with van der Waals surface area (Å²) >= 11 is 5.24. The number of nitrogens with one attached hydrogen (secondary N) is 2. The highest BCUT2D eigenvalue weighted by Crippen LogP contribution is 2.28. The fraction of sp³-hybridized carbons (Fsp3) is 0.364. The van der Waals surface area contributed by atoms with Gasteiger partial charge in [-0.25, -0.2) is 4.98 Å². The summed E-state index contributed by atoms with van der Waals surface area (Å²) in [6.45, 7) is 4.27. The third-order valence-electron chi connectivity index (χ3n) is 2.45. The molecular formula is C11H14BrN3S. The normalized spacial score (nSPS) is 14.9. The van der Waals surface area contributed by atoms with E-state index < -0.39 is 0 Å². The van der Waals surface area contributed by atoms with Crippen molar-refractivity contribution >= 4 is 27.3 Å². The van der Waals surface area contributed by atoms with Gasteiger partial charge in [-0.3, -0.25) is 0 Å². The van der Waals surface area contributed by atoms with Gasteiger partial charge < -0.3 is 10.3 Å². The van der Waals surface area contributed by atoms with E-state index in [2.05, 4.69) is 57.2 Å². The Hall–Kier alpha value is -0.650. The van der Waals surface area contributed by atoms with Crippen LogP contribution in [-0.2, 0) is 0 Å². The first kappa shape index (κ1) is 11.8. The van der Waals surface area contributed by atoms with Crippen molar-refractivity contribution in [3.8, 4) is 0 Å². The van der Waals surface area contributed by atoms with Crippen molar-refractivity contribution in [2.45, 2.75) is 25.9 Å². The van der Waals surface area contributed by atoms with Crippen molar-refractivity contribution in [2.24, 2.45) is 0 Å². The first-order chi connectivity index (χ1) is 7.66. The lowest BCUT2D eigenvalue weighted by Gasteiger charge is -2.17. The summed E-state index contributed by atoms with van der Waals surface area (Å²) in [5.41, 5.74) is 0. The van der Waals surface area contributed by atoms with Crippen molar-refractivity contribution in [1.82, 2.24) is 15.3 Å². The highest BCUT2D eigenvalue weighted by molar-refractivity contribution is 9.11. The maximum Gasteiger partial charge on any atom is 0.122 e. The molecule has 0 radical (unpaired) electrons. The first-order valence-corrected chi connectivity index (χ1v) is 6.78. The van der Waals surface area contributed by atoms with Gasteiger partial charge in [-0.05, 0) is 41.9 Å². The minimum Gasteiger partial charge on any atom is -0.347 e. The molecule has 0 aliphatic rings. The Morgan fingerprint density at radius 1 is 1.38 bits per heavy atom. The van der Waals surface area contributed by atoms with Gasteiger partial charge in [0.1, 0.15) is 5.82 Å². The van der Waals surface area contributed by atoms with Crippen molar-refractivity contribution in [3.05, 3.63) is 39.0 Å². The second-order valence-corrected chi connectivity index (χ2v) is 6.22. The summed E-state index contributed by atoms with van der Waals surface area (Å²) in [4.78, 5) is 8.69. The third kappa shape index (κ3) is 2.72. The number of aromatic amines is 1. The zero-order valence-electron chi connectivity index (χ0n) is 9.20. The average Bonchev–Trinajstić information content (AvgIpc) is 2.87. The maximum absolute atomic E-state index is 4.24. The minimum absolute atomic E-state index is 0.228. The topological polar surface area (TPSA) is 40.7 Å². The summed E-state index contributed by atoms with van der Waals surface area (Å²) in [5.74, 6) is 0.975. The second kappa shape index (κ2) is 5.12. The molecule has 2 heterocycles. The molecule has 16 heavy (non-hydrogen) atoms. The smallest absolute Gasteiger partial charge is 0.122 e. The average molecular weight is 300 g/mol. The molecule has 0 fully saturated rings. The number of halogens is 1. The van der Waals surface area contributed by atoms with Crippen molar-refractivity contribution in [2.75, 3.05) is 0 Å². The van der Waals surface area contributed by atoms with Gasteiger partial charge in [0.25, 0.3) is 0 Å². The van der Waals surface area contributed by atoms with E-state index in [0.29, 0.717) is 6.04 Å². The van der Waals surface area contributed by atoms with E-state index in [1.807, 2.05) is 6.20 Å². The van der Waals surface area contributed by atoms with Crippen LogP contribution in [0.3, 0.4) is 0 Å². The number of hydrogen-bond donors (Lipinski definition) is 2. The van der Waals surface area contributed by atoms with Crippen molar-refractivity contribution in [1.29, 1.82) is 0 Å². The Labute approximate surface area is 107 Å². The Bertz CT molecular complexity index is 438. The predicted molar refractivity (Wildman–Crippen MR) is 70.6 cm³/mol. The summed E-state index contributed by atoms with van der Waals surface area (Å²) in [6, 6.07) is 4.78. The van der Waals surface area contributed by atoms with E-state index >= 15 is 0 Å². The number of H-pyrrole nitrogens is 1. The molecule has 0 aliphatic heterocycles.